The number of amides is 1. The summed E-state index contributed by atoms with van der Waals surface area (Å²) >= 11 is 0. The van der Waals surface area contributed by atoms with Crippen LogP contribution >= 0.6 is 0 Å². The van der Waals surface area contributed by atoms with Crippen molar-refractivity contribution in [1.82, 2.24) is 4.90 Å². The molecule has 0 aliphatic carbocycles. The summed E-state index contributed by atoms with van der Waals surface area (Å²) in [6, 6.07) is 13.0. The molecule has 26 heavy (non-hydrogen) atoms. The Morgan fingerprint density at radius 1 is 1.08 bits per heavy atom. The molecule has 1 amide bonds. The fourth-order valence-electron chi connectivity index (χ4n) is 2.75. The Labute approximate surface area is 153 Å². The zero-order valence-corrected chi connectivity index (χ0v) is 15.1. The lowest BCUT2D eigenvalue weighted by Crippen LogP contribution is -2.34. The van der Waals surface area contributed by atoms with E-state index in [1.165, 1.54) is 0 Å². The molecule has 0 saturated heterocycles. The minimum atomic E-state index is -0.0895. The number of benzene rings is 2. The third-order valence-electron chi connectivity index (χ3n) is 4.13. The van der Waals surface area contributed by atoms with Gasteiger partial charge in [0.1, 0.15) is 13.2 Å². The van der Waals surface area contributed by atoms with E-state index in [0.717, 1.165) is 17.1 Å². The van der Waals surface area contributed by atoms with Crippen molar-refractivity contribution in [3.8, 4) is 23.0 Å². The highest BCUT2D eigenvalue weighted by Gasteiger charge is 2.17. The molecule has 0 fully saturated rings. The van der Waals surface area contributed by atoms with Crippen molar-refractivity contribution in [3.63, 3.8) is 0 Å². The van der Waals surface area contributed by atoms with Crippen molar-refractivity contribution in [2.24, 2.45) is 0 Å². The van der Waals surface area contributed by atoms with E-state index < -0.39 is 0 Å². The van der Waals surface area contributed by atoms with Gasteiger partial charge in [-0.05, 0) is 36.8 Å². The number of rotatable bonds is 7. The standard InChI is InChI=1S/C20H23NO5/c1-3-21(13-15-8-9-18-19(12-15)25-11-10-24-18)20(22)14-26-17-7-5-4-6-16(17)23-2/h4-9,12H,3,10-11,13-14H2,1-2H3. The second-order valence-corrected chi connectivity index (χ2v) is 5.83. The van der Waals surface area contributed by atoms with Gasteiger partial charge in [0.25, 0.3) is 5.91 Å². The van der Waals surface area contributed by atoms with Crippen LogP contribution in [0.3, 0.4) is 0 Å². The summed E-state index contributed by atoms with van der Waals surface area (Å²) in [5, 5.41) is 0. The number of ether oxygens (including phenoxy) is 4. The molecule has 1 heterocycles. The molecular weight excluding hydrogens is 334 g/mol. The van der Waals surface area contributed by atoms with Gasteiger partial charge in [-0.3, -0.25) is 4.79 Å². The van der Waals surface area contributed by atoms with Crippen LogP contribution in [0.25, 0.3) is 0 Å². The van der Waals surface area contributed by atoms with Crippen molar-refractivity contribution in [1.29, 1.82) is 0 Å². The van der Waals surface area contributed by atoms with Crippen LogP contribution in [0.4, 0.5) is 0 Å². The molecule has 0 bridgehead atoms. The Balaban J connectivity index is 1.62. The largest absolute Gasteiger partial charge is 0.493 e. The van der Waals surface area contributed by atoms with Crippen molar-refractivity contribution < 1.29 is 23.7 Å². The molecule has 0 atom stereocenters. The van der Waals surface area contributed by atoms with E-state index >= 15 is 0 Å². The summed E-state index contributed by atoms with van der Waals surface area (Å²) in [6.45, 7) is 4.08. The number of nitrogens with zero attached hydrogens (tertiary/aromatic N) is 1. The number of para-hydroxylation sites is 2. The van der Waals surface area contributed by atoms with Crippen LogP contribution in [-0.2, 0) is 11.3 Å². The summed E-state index contributed by atoms with van der Waals surface area (Å²) in [5.74, 6) is 2.54. The predicted molar refractivity (Wildman–Crippen MR) is 97.0 cm³/mol. The molecule has 0 saturated carbocycles. The van der Waals surface area contributed by atoms with Gasteiger partial charge in [0.2, 0.25) is 0 Å². The van der Waals surface area contributed by atoms with Gasteiger partial charge in [0.05, 0.1) is 7.11 Å². The van der Waals surface area contributed by atoms with Gasteiger partial charge in [0, 0.05) is 13.1 Å². The van der Waals surface area contributed by atoms with Crippen LogP contribution in [0.2, 0.25) is 0 Å². The zero-order valence-electron chi connectivity index (χ0n) is 15.1. The molecule has 0 N–H and O–H groups in total. The Morgan fingerprint density at radius 3 is 2.54 bits per heavy atom. The number of carbonyl (C=O) groups excluding carboxylic acids is 1. The first-order valence-corrected chi connectivity index (χ1v) is 8.63. The topological polar surface area (TPSA) is 57.2 Å². The smallest absolute Gasteiger partial charge is 0.260 e. The van der Waals surface area contributed by atoms with E-state index in [-0.39, 0.29) is 12.5 Å². The number of likely N-dealkylation sites (N-methyl/N-ethyl adjacent to an activating group) is 1. The molecule has 2 aromatic carbocycles. The van der Waals surface area contributed by atoms with Gasteiger partial charge in [-0.15, -0.1) is 0 Å². The van der Waals surface area contributed by atoms with Crippen molar-refractivity contribution in [2.75, 3.05) is 33.5 Å². The minimum absolute atomic E-state index is 0.0429. The van der Waals surface area contributed by atoms with Gasteiger partial charge in [-0.25, -0.2) is 0 Å². The zero-order chi connectivity index (χ0) is 18.4. The van der Waals surface area contributed by atoms with E-state index in [9.17, 15) is 4.79 Å². The second-order valence-electron chi connectivity index (χ2n) is 5.83. The first-order chi connectivity index (χ1) is 12.7. The monoisotopic (exact) mass is 357 g/mol. The Bertz CT molecular complexity index is 762. The lowest BCUT2D eigenvalue weighted by atomic mass is 10.1. The molecule has 0 unspecified atom stereocenters. The van der Waals surface area contributed by atoms with Gasteiger partial charge in [0.15, 0.2) is 29.6 Å². The Kier molecular flexibility index (Phi) is 5.84. The third kappa shape index (κ3) is 4.20. The van der Waals surface area contributed by atoms with E-state index in [1.807, 2.05) is 37.3 Å². The third-order valence-corrected chi connectivity index (χ3v) is 4.13. The van der Waals surface area contributed by atoms with Crippen LogP contribution in [-0.4, -0.2) is 44.3 Å². The highest BCUT2D eigenvalue weighted by molar-refractivity contribution is 5.77. The van der Waals surface area contributed by atoms with Gasteiger partial charge >= 0.3 is 0 Å². The van der Waals surface area contributed by atoms with E-state index in [0.29, 0.717) is 37.8 Å². The lowest BCUT2D eigenvalue weighted by molar-refractivity contribution is -0.133. The fourth-order valence-corrected chi connectivity index (χ4v) is 2.75. The number of methoxy groups -OCH3 is 1. The van der Waals surface area contributed by atoms with Crippen molar-refractivity contribution in [3.05, 3.63) is 48.0 Å². The number of carbonyl (C=O) groups is 1. The van der Waals surface area contributed by atoms with Crippen LogP contribution in [0.5, 0.6) is 23.0 Å². The lowest BCUT2D eigenvalue weighted by Gasteiger charge is -2.23. The summed E-state index contributed by atoms with van der Waals surface area (Å²) in [7, 11) is 1.57. The maximum absolute atomic E-state index is 12.5. The van der Waals surface area contributed by atoms with Crippen LogP contribution in [0.1, 0.15) is 12.5 Å². The summed E-state index contributed by atoms with van der Waals surface area (Å²) in [6.07, 6.45) is 0. The normalized spacial score (nSPS) is 12.4. The second kappa shape index (κ2) is 8.47. The molecule has 0 aromatic heterocycles. The van der Waals surface area contributed by atoms with Gasteiger partial charge < -0.3 is 23.8 Å². The van der Waals surface area contributed by atoms with Crippen molar-refractivity contribution in [2.45, 2.75) is 13.5 Å². The van der Waals surface area contributed by atoms with Crippen LogP contribution < -0.4 is 18.9 Å². The molecule has 6 nitrogen and oxygen atoms in total. The highest BCUT2D eigenvalue weighted by Crippen LogP contribution is 2.31. The summed E-state index contributed by atoms with van der Waals surface area (Å²) in [4.78, 5) is 14.3. The maximum Gasteiger partial charge on any atom is 0.260 e. The van der Waals surface area contributed by atoms with Gasteiger partial charge in [-0.2, -0.15) is 0 Å². The van der Waals surface area contributed by atoms with Crippen LogP contribution in [0, 0.1) is 0 Å². The van der Waals surface area contributed by atoms with E-state index in [2.05, 4.69) is 0 Å². The van der Waals surface area contributed by atoms with Crippen LogP contribution in [0.15, 0.2) is 42.5 Å². The molecular formula is C20H23NO5. The summed E-state index contributed by atoms with van der Waals surface area (Å²) in [5.41, 5.74) is 0.988. The Morgan fingerprint density at radius 2 is 1.81 bits per heavy atom. The van der Waals surface area contributed by atoms with Gasteiger partial charge in [-0.1, -0.05) is 18.2 Å². The highest BCUT2D eigenvalue weighted by atomic mass is 16.6. The number of fused-ring (bicyclic) bond motifs is 1. The average Bonchev–Trinajstić information content (AvgIpc) is 2.70. The maximum atomic E-state index is 12.5. The van der Waals surface area contributed by atoms with E-state index in [1.54, 1.807) is 24.1 Å². The average molecular weight is 357 g/mol. The fraction of sp³-hybridized carbons (Fsp3) is 0.350. The molecule has 0 spiro atoms. The Hall–Kier alpha value is -2.89. The predicted octanol–water partition coefficient (Wildman–Crippen LogP) is 2.89. The summed E-state index contributed by atoms with van der Waals surface area (Å²) < 4.78 is 22.0. The number of hydrogen-bond acceptors (Lipinski definition) is 5. The molecule has 2 aromatic rings. The first-order valence-electron chi connectivity index (χ1n) is 8.63. The minimum Gasteiger partial charge on any atom is -0.493 e. The SMILES string of the molecule is CCN(Cc1ccc2c(c1)OCCO2)C(=O)COc1ccccc1OC. The molecule has 138 valence electrons. The molecule has 1 aliphatic heterocycles. The molecule has 6 heteroatoms. The molecule has 3 rings (SSSR count). The van der Waals surface area contributed by atoms with Crippen molar-refractivity contribution >= 4 is 5.91 Å². The quantitative estimate of drug-likeness (QED) is 0.763. The number of hydrogen-bond donors (Lipinski definition) is 0. The van der Waals surface area contributed by atoms with E-state index in [4.69, 9.17) is 18.9 Å². The first kappa shape index (κ1) is 17.9. The molecule has 0 radical (unpaired) electrons. The molecule has 1 aliphatic rings.